The molecule has 1 saturated heterocycles. The van der Waals surface area contributed by atoms with Crippen molar-refractivity contribution < 1.29 is 14.3 Å². The van der Waals surface area contributed by atoms with Crippen LogP contribution in [0.1, 0.15) is 15.9 Å². The van der Waals surface area contributed by atoms with Crippen LogP contribution in [0, 0.1) is 0 Å². The van der Waals surface area contributed by atoms with E-state index in [0.29, 0.717) is 12.1 Å². The highest BCUT2D eigenvalue weighted by molar-refractivity contribution is 5.99. The minimum absolute atomic E-state index is 0.0515. The van der Waals surface area contributed by atoms with E-state index < -0.39 is 6.23 Å². The maximum absolute atomic E-state index is 12.8. The van der Waals surface area contributed by atoms with E-state index in [1.165, 1.54) is 0 Å². The van der Waals surface area contributed by atoms with Crippen LogP contribution in [0.2, 0.25) is 0 Å². The summed E-state index contributed by atoms with van der Waals surface area (Å²) in [5.41, 5.74) is 1.66. The Balaban J connectivity index is 1.78. The first-order valence-electron chi connectivity index (χ1n) is 8.16. The van der Waals surface area contributed by atoms with Gasteiger partial charge in [0.2, 0.25) is 5.78 Å². The van der Waals surface area contributed by atoms with Gasteiger partial charge in [-0.2, -0.15) is 0 Å². The van der Waals surface area contributed by atoms with Crippen LogP contribution >= 0.6 is 0 Å². The SMILES string of the molecule is C=C[C@H]1CN(/C=C/c2ccc(OC)cc2)C(C(=O)c2ccccc2)O1. The highest BCUT2D eigenvalue weighted by atomic mass is 16.5. The second-order valence-electron chi connectivity index (χ2n) is 5.78. The molecule has 2 aromatic carbocycles. The summed E-state index contributed by atoms with van der Waals surface area (Å²) < 4.78 is 11.0. The van der Waals surface area contributed by atoms with Gasteiger partial charge in [0.05, 0.1) is 19.8 Å². The Morgan fingerprint density at radius 3 is 2.56 bits per heavy atom. The smallest absolute Gasteiger partial charge is 0.212 e. The first kappa shape index (κ1) is 17.0. The number of hydrogen-bond acceptors (Lipinski definition) is 4. The summed E-state index contributed by atoms with van der Waals surface area (Å²) in [4.78, 5) is 14.7. The fraction of sp³-hybridized carbons (Fsp3) is 0.190. The lowest BCUT2D eigenvalue weighted by molar-refractivity contribution is 0.0281. The Kier molecular flexibility index (Phi) is 5.31. The predicted molar refractivity (Wildman–Crippen MR) is 98.4 cm³/mol. The van der Waals surface area contributed by atoms with Gasteiger partial charge in [0.1, 0.15) is 5.75 Å². The number of rotatable bonds is 6. The molecule has 1 aliphatic rings. The highest BCUT2D eigenvalue weighted by Crippen LogP contribution is 2.22. The van der Waals surface area contributed by atoms with Gasteiger partial charge in [-0.05, 0) is 23.8 Å². The predicted octanol–water partition coefficient (Wildman–Crippen LogP) is 3.76. The molecule has 0 radical (unpaired) electrons. The van der Waals surface area contributed by atoms with Crippen molar-refractivity contribution in [3.05, 3.63) is 84.6 Å². The van der Waals surface area contributed by atoms with Crippen molar-refractivity contribution in [3.8, 4) is 5.75 Å². The number of Topliss-reactive ketones (excluding diaryl/α,β-unsaturated/α-hetero) is 1. The zero-order chi connectivity index (χ0) is 17.6. The number of ketones is 1. The van der Waals surface area contributed by atoms with Crippen molar-refractivity contribution in [1.82, 2.24) is 4.90 Å². The molecule has 1 fully saturated rings. The fourth-order valence-corrected chi connectivity index (χ4v) is 2.71. The Morgan fingerprint density at radius 1 is 1.20 bits per heavy atom. The number of hydrogen-bond donors (Lipinski definition) is 0. The lowest BCUT2D eigenvalue weighted by atomic mass is 10.1. The molecule has 2 aromatic rings. The Morgan fingerprint density at radius 2 is 1.92 bits per heavy atom. The third kappa shape index (κ3) is 3.98. The van der Waals surface area contributed by atoms with Crippen molar-refractivity contribution in [2.45, 2.75) is 12.3 Å². The van der Waals surface area contributed by atoms with Gasteiger partial charge in [0.15, 0.2) is 6.23 Å². The summed E-state index contributed by atoms with van der Waals surface area (Å²) in [6.07, 6.45) is 4.78. The average molecular weight is 335 g/mol. The lowest BCUT2D eigenvalue weighted by Crippen LogP contribution is -2.33. The number of carbonyl (C=O) groups is 1. The van der Waals surface area contributed by atoms with Gasteiger partial charge in [-0.25, -0.2) is 0 Å². The number of nitrogens with zero attached hydrogens (tertiary/aromatic N) is 1. The summed E-state index contributed by atoms with van der Waals surface area (Å²) >= 11 is 0. The van der Waals surface area contributed by atoms with Crippen LogP contribution in [0.5, 0.6) is 5.75 Å². The minimum atomic E-state index is -0.639. The van der Waals surface area contributed by atoms with E-state index in [4.69, 9.17) is 9.47 Å². The van der Waals surface area contributed by atoms with Crippen LogP contribution in [-0.2, 0) is 4.74 Å². The Labute approximate surface area is 148 Å². The second kappa shape index (κ2) is 7.81. The molecule has 4 heteroatoms. The van der Waals surface area contributed by atoms with Gasteiger partial charge in [0.25, 0.3) is 0 Å². The molecule has 0 N–H and O–H groups in total. The molecular formula is C21H21NO3. The van der Waals surface area contributed by atoms with Gasteiger partial charge >= 0.3 is 0 Å². The fourth-order valence-electron chi connectivity index (χ4n) is 2.71. The molecule has 4 nitrogen and oxygen atoms in total. The van der Waals surface area contributed by atoms with Crippen molar-refractivity contribution >= 4 is 11.9 Å². The van der Waals surface area contributed by atoms with Crippen LogP contribution in [0.3, 0.4) is 0 Å². The Hall–Kier alpha value is -2.85. The maximum Gasteiger partial charge on any atom is 0.212 e. The summed E-state index contributed by atoms with van der Waals surface area (Å²) in [5, 5.41) is 0. The van der Waals surface area contributed by atoms with Crippen molar-refractivity contribution in [1.29, 1.82) is 0 Å². The van der Waals surface area contributed by atoms with E-state index in [0.717, 1.165) is 11.3 Å². The van der Waals surface area contributed by atoms with E-state index in [2.05, 4.69) is 6.58 Å². The summed E-state index contributed by atoms with van der Waals surface area (Å²) in [5.74, 6) is 0.759. The quantitative estimate of drug-likeness (QED) is 0.595. The Bertz CT molecular complexity index is 752. The van der Waals surface area contributed by atoms with E-state index in [1.54, 1.807) is 25.3 Å². The van der Waals surface area contributed by atoms with Crippen molar-refractivity contribution in [3.63, 3.8) is 0 Å². The number of benzene rings is 2. The second-order valence-corrected chi connectivity index (χ2v) is 5.78. The van der Waals surface area contributed by atoms with Crippen LogP contribution < -0.4 is 4.74 Å². The largest absolute Gasteiger partial charge is 0.497 e. The third-order valence-corrected chi connectivity index (χ3v) is 4.12. The highest BCUT2D eigenvalue weighted by Gasteiger charge is 2.35. The molecule has 1 heterocycles. The number of ether oxygens (including phenoxy) is 2. The molecule has 25 heavy (non-hydrogen) atoms. The summed E-state index contributed by atoms with van der Waals surface area (Å²) in [6, 6.07) is 16.9. The zero-order valence-corrected chi connectivity index (χ0v) is 14.2. The van der Waals surface area contributed by atoms with Gasteiger partial charge in [-0.1, -0.05) is 48.5 Å². The van der Waals surface area contributed by atoms with E-state index in [-0.39, 0.29) is 11.9 Å². The molecule has 1 aliphatic heterocycles. The van der Waals surface area contributed by atoms with E-state index in [9.17, 15) is 4.79 Å². The molecule has 0 aromatic heterocycles. The molecule has 128 valence electrons. The first-order chi connectivity index (χ1) is 12.2. The molecular weight excluding hydrogens is 314 g/mol. The molecule has 0 bridgehead atoms. The first-order valence-corrected chi connectivity index (χ1v) is 8.16. The van der Waals surface area contributed by atoms with Crippen LogP contribution in [0.25, 0.3) is 6.08 Å². The molecule has 0 saturated carbocycles. The molecule has 3 rings (SSSR count). The molecule has 2 atom stereocenters. The van der Waals surface area contributed by atoms with Gasteiger partial charge in [0, 0.05) is 11.8 Å². The molecule has 0 amide bonds. The average Bonchev–Trinajstić information content (AvgIpc) is 3.10. The number of methoxy groups -OCH3 is 1. The molecule has 0 spiro atoms. The van der Waals surface area contributed by atoms with E-state index in [1.807, 2.05) is 59.6 Å². The standard InChI is InChI=1S/C21H21NO3/c1-3-18-15-22(14-13-16-9-11-19(24-2)12-10-16)21(25-18)20(23)17-7-5-4-6-8-17/h3-14,18,21H,1,15H2,2H3/b14-13+/t18-,21?/m0/s1. The minimum Gasteiger partial charge on any atom is -0.497 e. The van der Waals surface area contributed by atoms with Crippen LogP contribution in [-0.4, -0.2) is 36.7 Å². The summed E-state index contributed by atoms with van der Waals surface area (Å²) in [7, 11) is 1.64. The number of carbonyl (C=O) groups excluding carboxylic acids is 1. The van der Waals surface area contributed by atoms with Gasteiger partial charge in [-0.3, -0.25) is 4.79 Å². The van der Waals surface area contributed by atoms with Gasteiger partial charge in [-0.15, -0.1) is 6.58 Å². The maximum atomic E-state index is 12.8. The van der Waals surface area contributed by atoms with Crippen LogP contribution in [0.4, 0.5) is 0 Å². The third-order valence-electron chi connectivity index (χ3n) is 4.12. The lowest BCUT2D eigenvalue weighted by Gasteiger charge is -2.19. The summed E-state index contributed by atoms with van der Waals surface area (Å²) in [6.45, 7) is 4.38. The molecule has 1 unspecified atom stereocenters. The van der Waals surface area contributed by atoms with Crippen molar-refractivity contribution in [2.24, 2.45) is 0 Å². The van der Waals surface area contributed by atoms with Crippen molar-refractivity contribution in [2.75, 3.05) is 13.7 Å². The molecule has 0 aliphatic carbocycles. The zero-order valence-electron chi connectivity index (χ0n) is 14.2. The van der Waals surface area contributed by atoms with Crippen LogP contribution in [0.15, 0.2) is 73.5 Å². The monoisotopic (exact) mass is 335 g/mol. The normalized spacial score (nSPS) is 20.0. The van der Waals surface area contributed by atoms with Gasteiger partial charge < -0.3 is 14.4 Å². The van der Waals surface area contributed by atoms with E-state index >= 15 is 0 Å². The topological polar surface area (TPSA) is 38.8 Å².